The fraction of sp³-hybridized carbons (Fsp3) is 0.250. The highest BCUT2D eigenvalue weighted by Gasteiger charge is 2.21. The zero-order valence-corrected chi connectivity index (χ0v) is 14.2. The van der Waals surface area contributed by atoms with E-state index in [1.165, 1.54) is 11.3 Å². The molecule has 0 radical (unpaired) electrons. The Balaban J connectivity index is 1.59. The molecule has 1 aliphatic heterocycles. The zero-order valence-electron chi connectivity index (χ0n) is 11.8. The minimum absolute atomic E-state index is 0.0826. The van der Waals surface area contributed by atoms with Crippen molar-refractivity contribution in [3.05, 3.63) is 50.6 Å². The number of carbonyl (C=O) groups is 2. The highest BCUT2D eigenvalue weighted by Crippen LogP contribution is 2.22. The third-order valence-electron chi connectivity index (χ3n) is 3.60. The molecule has 0 unspecified atom stereocenters. The van der Waals surface area contributed by atoms with E-state index in [2.05, 4.69) is 21.2 Å². The quantitative estimate of drug-likeness (QED) is 0.883. The Labute approximate surface area is 141 Å². The molecule has 4 nitrogen and oxygen atoms in total. The Morgan fingerprint density at radius 3 is 2.68 bits per heavy atom. The van der Waals surface area contributed by atoms with Gasteiger partial charge in [0, 0.05) is 30.6 Å². The van der Waals surface area contributed by atoms with Crippen LogP contribution in [-0.4, -0.2) is 18.4 Å². The van der Waals surface area contributed by atoms with Crippen LogP contribution in [0.4, 0.5) is 5.69 Å². The van der Waals surface area contributed by atoms with Crippen molar-refractivity contribution in [1.82, 2.24) is 5.32 Å². The van der Waals surface area contributed by atoms with Gasteiger partial charge in [-0.25, -0.2) is 0 Å². The Kier molecular flexibility index (Phi) is 4.59. The number of hydrogen-bond donors (Lipinski definition) is 1. The molecule has 1 aliphatic rings. The van der Waals surface area contributed by atoms with Gasteiger partial charge in [-0.1, -0.05) is 12.1 Å². The van der Waals surface area contributed by atoms with Gasteiger partial charge in [0.1, 0.15) is 0 Å². The van der Waals surface area contributed by atoms with Gasteiger partial charge >= 0.3 is 0 Å². The topological polar surface area (TPSA) is 49.4 Å². The minimum atomic E-state index is -0.0826. The Hall–Kier alpha value is -1.66. The summed E-state index contributed by atoms with van der Waals surface area (Å²) in [6.45, 7) is 1.27. The fourth-order valence-corrected chi connectivity index (χ4v) is 3.57. The maximum atomic E-state index is 12.0. The average Bonchev–Trinajstić information content (AvgIpc) is 3.14. The van der Waals surface area contributed by atoms with Crippen molar-refractivity contribution < 1.29 is 9.59 Å². The lowest BCUT2D eigenvalue weighted by Gasteiger charge is -2.16. The number of anilines is 1. The van der Waals surface area contributed by atoms with Gasteiger partial charge in [0.05, 0.1) is 9.35 Å². The Morgan fingerprint density at radius 1 is 1.32 bits per heavy atom. The van der Waals surface area contributed by atoms with Gasteiger partial charge < -0.3 is 10.2 Å². The van der Waals surface area contributed by atoms with Crippen LogP contribution in [0.15, 0.2) is 39.5 Å². The van der Waals surface area contributed by atoms with E-state index < -0.39 is 0 Å². The van der Waals surface area contributed by atoms with Crippen LogP contribution in [0.1, 0.15) is 28.8 Å². The normalized spacial score (nSPS) is 14.4. The van der Waals surface area contributed by atoms with Gasteiger partial charge in [0.2, 0.25) is 5.91 Å². The smallest absolute Gasteiger partial charge is 0.252 e. The second-order valence-corrected chi connectivity index (χ2v) is 7.43. The van der Waals surface area contributed by atoms with Crippen molar-refractivity contribution in [2.45, 2.75) is 19.4 Å². The molecular formula is C16H15BrN2O2S. The summed E-state index contributed by atoms with van der Waals surface area (Å²) in [6.07, 6.45) is 1.56. The maximum Gasteiger partial charge on any atom is 0.252 e. The molecule has 2 aromatic rings. The van der Waals surface area contributed by atoms with Crippen LogP contribution in [0.5, 0.6) is 0 Å². The van der Waals surface area contributed by atoms with E-state index in [1.54, 1.807) is 0 Å². The molecule has 0 atom stereocenters. The number of halogens is 1. The first kappa shape index (κ1) is 15.2. The summed E-state index contributed by atoms with van der Waals surface area (Å²) in [7, 11) is 0. The third kappa shape index (κ3) is 3.39. The summed E-state index contributed by atoms with van der Waals surface area (Å²) in [5, 5.41) is 4.71. The molecule has 3 rings (SSSR count). The number of thiophene rings is 1. The van der Waals surface area contributed by atoms with Crippen molar-refractivity contribution in [3.63, 3.8) is 0 Å². The summed E-state index contributed by atoms with van der Waals surface area (Å²) in [4.78, 5) is 25.5. The van der Waals surface area contributed by atoms with E-state index in [4.69, 9.17) is 0 Å². The lowest BCUT2D eigenvalue weighted by atomic mass is 10.2. The first-order valence-electron chi connectivity index (χ1n) is 7.05. The highest BCUT2D eigenvalue weighted by molar-refractivity contribution is 9.11. The van der Waals surface area contributed by atoms with Gasteiger partial charge in [0.15, 0.2) is 0 Å². The van der Waals surface area contributed by atoms with Crippen LogP contribution in [0.2, 0.25) is 0 Å². The molecule has 1 aromatic carbocycles. The number of rotatable bonds is 4. The van der Waals surface area contributed by atoms with Gasteiger partial charge in [-0.2, -0.15) is 0 Å². The maximum absolute atomic E-state index is 12.0. The van der Waals surface area contributed by atoms with Gasteiger partial charge in [-0.05, 0) is 46.1 Å². The lowest BCUT2D eigenvalue weighted by molar-refractivity contribution is -0.117. The highest BCUT2D eigenvalue weighted by atomic mass is 79.9. The fourth-order valence-electron chi connectivity index (χ4n) is 2.43. The predicted molar refractivity (Wildman–Crippen MR) is 91.2 cm³/mol. The molecule has 1 fully saturated rings. The van der Waals surface area contributed by atoms with Crippen molar-refractivity contribution in [1.29, 1.82) is 0 Å². The Bertz CT molecular complexity index is 696. The van der Waals surface area contributed by atoms with Crippen LogP contribution in [0, 0.1) is 0 Å². The van der Waals surface area contributed by atoms with E-state index in [9.17, 15) is 9.59 Å². The molecule has 0 aliphatic carbocycles. The summed E-state index contributed by atoms with van der Waals surface area (Å²) in [6, 6.07) is 9.58. The molecule has 0 spiro atoms. The van der Waals surface area contributed by atoms with Crippen LogP contribution >= 0.6 is 27.3 Å². The van der Waals surface area contributed by atoms with Crippen molar-refractivity contribution in [3.8, 4) is 0 Å². The molecule has 2 heterocycles. The van der Waals surface area contributed by atoms with Crippen LogP contribution in [-0.2, 0) is 11.3 Å². The molecule has 22 heavy (non-hydrogen) atoms. The van der Waals surface area contributed by atoms with Crippen molar-refractivity contribution >= 4 is 44.8 Å². The van der Waals surface area contributed by atoms with Gasteiger partial charge in [0.25, 0.3) is 5.91 Å². The van der Waals surface area contributed by atoms with Gasteiger partial charge in [-0.15, -0.1) is 11.3 Å². The molecule has 6 heteroatoms. The SMILES string of the molecule is O=C(NCc1ccc(N2CCCC2=O)cc1)c1csc(Br)c1. The predicted octanol–water partition coefficient (Wildman–Crippen LogP) is 3.57. The molecule has 1 N–H and O–H groups in total. The van der Waals surface area contributed by atoms with Crippen LogP contribution in [0.25, 0.3) is 0 Å². The lowest BCUT2D eigenvalue weighted by Crippen LogP contribution is -2.24. The van der Waals surface area contributed by atoms with E-state index >= 15 is 0 Å². The van der Waals surface area contributed by atoms with Crippen LogP contribution in [0.3, 0.4) is 0 Å². The van der Waals surface area contributed by atoms with Gasteiger partial charge in [-0.3, -0.25) is 9.59 Å². The average molecular weight is 379 g/mol. The van der Waals surface area contributed by atoms with E-state index in [1.807, 2.05) is 40.6 Å². The summed E-state index contributed by atoms with van der Waals surface area (Å²) in [5.41, 5.74) is 2.61. The number of benzene rings is 1. The van der Waals surface area contributed by atoms with E-state index in [-0.39, 0.29) is 11.8 Å². The standard InChI is InChI=1S/C16H15BrN2O2S/c17-14-8-12(10-22-14)16(21)18-9-11-3-5-13(6-4-11)19-7-1-2-15(19)20/h3-6,8,10H,1-2,7,9H2,(H,18,21). The van der Waals surface area contributed by atoms with Crippen LogP contribution < -0.4 is 10.2 Å². The Morgan fingerprint density at radius 2 is 2.09 bits per heavy atom. The molecule has 114 valence electrons. The van der Waals surface area contributed by atoms with E-state index in [0.717, 1.165) is 28.0 Å². The molecule has 1 saturated heterocycles. The number of carbonyl (C=O) groups excluding carboxylic acids is 2. The van der Waals surface area contributed by atoms with E-state index in [0.29, 0.717) is 18.5 Å². The summed E-state index contributed by atoms with van der Waals surface area (Å²) >= 11 is 4.84. The number of nitrogens with one attached hydrogen (secondary N) is 1. The molecular weight excluding hydrogens is 364 g/mol. The molecule has 1 aromatic heterocycles. The molecule has 0 saturated carbocycles. The number of amides is 2. The largest absolute Gasteiger partial charge is 0.348 e. The van der Waals surface area contributed by atoms with Crippen molar-refractivity contribution in [2.24, 2.45) is 0 Å². The second-order valence-electron chi connectivity index (χ2n) is 5.14. The minimum Gasteiger partial charge on any atom is -0.348 e. The monoisotopic (exact) mass is 378 g/mol. The second kappa shape index (κ2) is 6.62. The third-order valence-corrected chi connectivity index (χ3v) is 5.11. The first-order chi connectivity index (χ1) is 10.6. The first-order valence-corrected chi connectivity index (χ1v) is 8.72. The van der Waals surface area contributed by atoms with Crippen molar-refractivity contribution in [2.75, 3.05) is 11.4 Å². The molecule has 2 amide bonds. The zero-order chi connectivity index (χ0) is 15.5. The summed E-state index contributed by atoms with van der Waals surface area (Å²) < 4.78 is 0.942. The summed E-state index contributed by atoms with van der Waals surface area (Å²) in [5.74, 6) is 0.102. The number of hydrogen-bond acceptors (Lipinski definition) is 3. The molecule has 0 bridgehead atoms. The number of nitrogens with zero attached hydrogens (tertiary/aromatic N) is 1.